The number of thiophene rings is 1. The van der Waals surface area contributed by atoms with Crippen LogP contribution in [0.4, 0.5) is 0 Å². The largest absolute Gasteiger partial charge is 0.507 e. The van der Waals surface area contributed by atoms with Crippen molar-refractivity contribution >= 4 is 39.8 Å². The average Bonchev–Trinajstić information content (AvgIpc) is 2.93. The number of phenolic OH excluding ortho intramolecular Hbond substituents is 1. The van der Waals surface area contributed by atoms with E-state index in [4.69, 9.17) is 5.11 Å². The molecular weight excluding hydrogens is 401 g/mol. The number of hydrogen-bond donors (Lipinski definition) is 3. The number of phenols is 1. The van der Waals surface area contributed by atoms with Crippen molar-refractivity contribution in [2.75, 3.05) is 6.61 Å². The maximum Gasteiger partial charge on any atom is 0.251 e. The van der Waals surface area contributed by atoms with Crippen molar-refractivity contribution in [2.45, 2.75) is 6.54 Å². The lowest BCUT2D eigenvalue weighted by molar-refractivity contribution is 0.0951. The number of amides is 1. The highest BCUT2D eigenvalue weighted by Crippen LogP contribution is 2.20. The van der Waals surface area contributed by atoms with Gasteiger partial charge in [-0.25, -0.2) is 0 Å². The standard InChI is InChI=1S/C15H12INO3S/c16-13-6-3-10(8-14(13)19)15(20)17-9-12-5-4-11(21-12)2-1-7-18/h3-6,8,18-19H,7,9H2,(H,17,20). The van der Waals surface area contributed by atoms with Crippen LogP contribution in [0.2, 0.25) is 0 Å². The van der Waals surface area contributed by atoms with E-state index in [2.05, 4.69) is 17.2 Å². The predicted molar refractivity (Wildman–Crippen MR) is 90.3 cm³/mol. The molecule has 108 valence electrons. The molecule has 1 aromatic carbocycles. The summed E-state index contributed by atoms with van der Waals surface area (Å²) in [6.07, 6.45) is 0. The van der Waals surface area contributed by atoms with Crippen LogP contribution in [0.3, 0.4) is 0 Å². The summed E-state index contributed by atoms with van der Waals surface area (Å²) in [5.74, 6) is 5.26. The summed E-state index contributed by atoms with van der Waals surface area (Å²) >= 11 is 3.46. The van der Waals surface area contributed by atoms with Crippen LogP contribution in [-0.2, 0) is 6.54 Å². The molecule has 0 fully saturated rings. The molecule has 0 radical (unpaired) electrons. The molecule has 4 nitrogen and oxygen atoms in total. The minimum absolute atomic E-state index is 0.0981. The number of carbonyl (C=O) groups excluding carboxylic acids is 1. The quantitative estimate of drug-likeness (QED) is 0.535. The molecule has 1 heterocycles. The van der Waals surface area contributed by atoms with Gasteiger partial charge in [-0.1, -0.05) is 11.8 Å². The number of rotatable bonds is 3. The van der Waals surface area contributed by atoms with E-state index in [0.717, 1.165) is 9.75 Å². The molecule has 0 spiro atoms. The van der Waals surface area contributed by atoms with Crippen LogP contribution in [0, 0.1) is 15.4 Å². The highest BCUT2D eigenvalue weighted by Gasteiger charge is 2.08. The Balaban J connectivity index is 1.97. The molecule has 1 aromatic heterocycles. The lowest BCUT2D eigenvalue weighted by atomic mass is 10.2. The van der Waals surface area contributed by atoms with E-state index >= 15 is 0 Å². The molecule has 0 atom stereocenters. The molecule has 0 bridgehead atoms. The normalized spacial score (nSPS) is 9.81. The molecule has 1 amide bonds. The summed E-state index contributed by atoms with van der Waals surface area (Å²) in [6.45, 7) is 0.233. The second-order valence-corrected chi connectivity index (χ2v) is 6.41. The fourth-order valence-electron chi connectivity index (χ4n) is 1.59. The Labute approximate surface area is 140 Å². The second-order valence-electron chi connectivity index (χ2n) is 4.07. The number of aliphatic hydroxyl groups is 1. The Kier molecular flexibility index (Phi) is 5.61. The Bertz CT molecular complexity index is 715. The molecule has 0 unspecified atom stereocenters. The van der Waals surface area contributed by atoms with Gasteiger partial charge in [0.1, 0.15) is 12.4 Å². The lowest BCUT2D eigenvalue weighted by Gasteiger charge is -2.05. The van der Waals surface area contributed by atoms with E-state index in [9.17, 15) is 9.90 Å². The van der Waals surface area contributed by atoms with Gasteiger partial charge in [-0.2, -0.15) is 0 Å². The second kappa shape index (κ2) is 7.45. The van der Waals surface area contributed by atoms with E-state index in [1.54, 1.807) is 12.1 Å². The zero-order valence-corrected chi connectivity index (χ0v) is 13.9. The summed E-state index contributed by atoms with van der Waals surface area (Å²) in [4.78, 5) is 13.8. The first kappa shape index (κ1) is 15.8. The van der Waals surface area contributed by atoms with E-state index in [-0.39, 0.29) is 18.3 Å². The van der Waals surface area contributed by atoms with Crippen molar-refractivity contribution in [3.63, 3.8) is 0 Å². The molecule has 0 aliphatic heterocycles. The first-order valence-electron chi connectivity index (χ1n) is 6.05. The fourth-order valence-corrected chi connectivity index (χ4v) is 2.75. The average molecular weight is 413 g/mol. The minimum Gasteiger partial charge on any atom is -0.507 e. The van der Waals surface area contributed by atoms with Gasteiger partial charge in [0.05, 0.1) is 15.0 Å². The molecule has 2 rings (SSSR count). The van der Waals surface area contributed by atoms with Crippen molar-refractivity contribution in [1.29, 1.82) is 0 Å². The third kappa shape index (κ3) is 4.46. The smallest absolute Gasteiger partial charge is 0.251 e. The predicted octanol–water partition coefficient (Wildman–Crippen LogP) is 2.33. The van der Waals surface area contributed by atoms with Crippen molar-refractivity contribution in [1.82, 2.24) is 5.32 Å². The van der Waals surface area contributed by atoms with Gasteiger partial charge in [-0.05, 0) is 52.9 Å². The van der Waals surface area contributed by atoms with Gasteiger partial charge in [0.25, 0.3) is 5.91 Å². The highest BCUT2D eigenvalue weighted by molar-refractivity contribution is 14.1. The van der Waals surface area contributed by atoms with E-state index in [1.165, 1.54) is 17.4 Å². The molecule has 3 N–H and O–H groups in total. The maximum atomic E-state index is 12.0. The molecule has 2 aromatic rings. The molecule has 0 saturated carbocycles. The number of halogens is 1. The summed E-state index contributed by atoms with van der Waals surface area (Å²) < 4.78 is 0.703. The Hall–Kier alpha value is -1.56. The van der Waals surface area contributed by atoms with Gasteiger partial charge in [0, 0.05) is 10.4 Å². The third-order valence-corrected chi connectivity index (χ3v) is 4.50. The number of hydrogen-bond acceptors (Lipinski definition) is 4. The first-order valence-corrected chi connectivity index (χ1v) is 7.95. The Morgan fingerprint density at radius 3 is 2.86 bits per heavy atom. The number of aromatic hydroxyl groups is 1. The summed E-state index contributed by atoms with van der Waals surface area (Å²) in [6, 6.07) is 8.55. The topological polar surface area (TPSA) is 69.6 Å². The van der Waals surface area contributed by atoms with Gasteiger partial charge in [0.15, 0.2) is 0 Å². The van der Waals surface area contributed by atoms with Crippen LogP contribution in [-0.4, -0.2) is 22.7 Å². The molecule has 21 heavy (non-hydrogen) atoms. The van der Waals surface area contributed by atoms with Crippen LogP contribution in [0.5, 0.6) is 5.75 Å². The Morgan fingerprint density at radius 2 is 2.14 bits per heavy atom. The van der Waals surface area contributed by atoms with Crippen LogP contribution in [0.1, 0.15) is 20.1 Å². The zero-order chi connectivity index (χ0) is 15.2. The summed E-state index contributed by atoms with van der Waals surface area (Å²) in [5.41, 5.74) is 0.421. The van der Waals surface area contributed by atoms with Crippen molar-refractivity contribution in [3.05, 3.63) is 49.2 Å². The number of aliphatic hydroxyl groups excluding tert-OH is 1. The highest BCUT2D eigenvalue weighted by atomic mass is 127. The van der Waals surface area contributed by atoms with Crippen LogP contribution < -0.4 is 5.32 Å². The summed E-state index contributed by atoms with van der Waals surface area (Å²) in [5, 5.41) is 21.0. The van der Waals surface area contributed by atoms with Crippen molar-refractivity contribution in [2.24, 2.45) is 0 Å². The zero-order valence-electron chi connectivity index (χ0n) is 10.9. The molecule has 0 aliphatic rings. The number of nitrogens with one attached hydrogen (secondary N) is 1. The van der Waals surface area contributed by atoms with Crippen molar-refractivity contribution < 1.29 is 15.0 Å². The van der Waals surface area contributed by atoms with E-state index in [1.807, 2.05) is 34.7 Å². The first-order chi connectivity index (χ1) is 10.1. The number of carbonyl (C=O) groups is 1. The van der Waals surface area contributed by atoms with Gasteiger partial charge in [-0.15, -0.1) is 11.3 Å². The minimum atomic E-state index is -0.238. The van der Waals surface area contributed by atoms with Gasteiger partial charge in [-0.3, -0.25) is 4.79 Å². The number of benzene rings is 1. The van der Waals surface area contributed by atoms with Crippen LogP contribution in [0.25, 0.3) is 0 Å². The fraction of sp³-hybridized carbons (Fsp3) is 0.133. The molecule has 0 aliphatic carbocycles. The van der Waals surface area contributed by atoms with Crippen LogP contribution in [0.15, 0.2) is 30.3 Å². The lowest BCUT2D eigenvalue weighted by Crippen LogP contribution is -2.22. The Morgan fingerprint density at radius 1 is 1.33 bits per heavy atom. The SMILES string of the molecule is O=C(NCc1ccc(C#CCO)s1)c1ccc(I)c(O)c1. The van der Waals surface area contributed by atoms with Gasteiger partial charge >= 0.3 is 0 Å². The van der Waals surface area contributed by atoms with Gasteiger partial charge in [0.2, 0.25) is 0 Å². The monoisotopic (exact) mass is 413 g/mol. The third-order valence-electron chi connectivity index (χ3n) is 2.58. The maximum absolute atomic E-state index is 12.0. The van der Waals surface area contributed by atoms with Gasteiger partial charge < -0.3 is 15.5 Å². The summed E-state index contributed by atoms with van der Waals surface area (Å²) in [7, 11) is 0. The van der Waals surface area contributed by atoms with E-state index in [0.29, 0.717) is 15.7 Å². The van der Waals surface area contributed by atoms with Crippen LogP contribution >= 0.6 is 33.9 Å². The van der Waals surface area contributed by atoms with Crippen molar-refractivity contribution in [3.8, 4) is 17.6 Å². The van der Waals surface area contributed by atoms with E-state index < -0.39 is 0 Å². The molecular formula is C15H12INO3S. The molecule has 6 heteroatoms. The molecule has 0 saturated heterocycles.